The lowest BCUT2D eigenvalue weighted by molar-refractivity contribution is -0.189. The number of alkyl halides is 2. The first-order valence-electron chi connectivity index (χ1n) is 12.3. The SMILES string of the molecule is C=CCCc1ccc(C#Cc2cc(F)c(C(F)(F)Oc3cc(F)c(C#Cc4cc(F)c(F)c(F)c4)c(F)c3)c(F)c2)cc1. The molecule has 4 aromatic carbocycles. The Kier molecular flexibility index (Phi) is 9.21. The molecule has 0 spiro atoms. The van der Waals surface area contributed by atoms with Crippen molar-refractivity contribution in [1.29, 1.82) is 0 Å². The molecule has 0 unspecified atom stereocenters. The summed E-state index contributed by atoms with van der Waals surface area (Å²) in [5, 5.41) is 0. The van der Waals surface area contributed by atoms with Gasteiger partial charge in [-0.15, -0.1) is 6.58 Å². The minimum Gasteiger partial charge on any atom is -0.429 e. The number of hydrogen-bond acceptors (Lipinski definition) is 1. The Morgan fingerprint density at radius 3 is 1.65 bits per heavy atom. The van der Waals surface area contributed by atoms with Crippen LogP contribution in [0.1, 0.15) is 39.8 Å². The standard InChI is InChI=1S/C33H17F9O/c1-2-3-4-19-5-7-20(8-6-19)9-10-21-13-27(36)31(28(37)14-21)33(41,42)43-23-17-25(34)24(26(35)18-23)12-11-22-15-29(38)32(40)30(39)16-22/h2,5-8,13-18H,1,3-4H2. The Bertz CT molecular complexity index is 1750. The van der Waals surface area contributed by atoms with Gasteiger partial charge in [0, 0.05) is 28.8 Å². The molecule has 0 heterocycles. The maximum absolute atomic E-state index is 14.8. The van der Waals surface area contributed by atoms with E-state index in [4.69, 9.17) is 0 Å². The second kappa shape index (κ2) is 12.8. The van der Waals surface area contributed by atoms with E-state index in [0.717, 1.165) is 18.4 Å². The van der Waals surface area contributed by atoms with Crippen LogP contribution in [0.2, 0.25) is 0 Å². The van der Waals surface area contributed by atoms with Gasteiger partial charge in [-0.2, -0.15) is 8.78 Å². The van der Waals surface area contributed by atoms with E-state index < -0.39 is 69.3 Å². The number of rotatable bonds is 6. The van der Waals surface area contributed by atoms with E-state index in [1.807, 2.05) is 24.0 Å². The van der Waals surface area contributed by atoms with Crippen LogP contribution in [0.3, 0.4) is 0 Å². The minimum atomic E-state index is -4.73. The zero-order chi connectivity index (χ0) is 31.3. The molecule has 0 bridgehead atoms. The minimum absolute atomic E-state index is 0.258. The second-order valence-corrected chi connectivity index (χ2v) is 8.97. The number of aryl methyl sites for hydroxylation is 1. The van der Waals surface area contributed by atoms with Gasteiger partial charge in [0.25, 0.3) is 0 Å². The van der Waals surface area contributed by atoms with Crippen LogP contribution in [0.25, 0.3) is 0 Å². The molecule has 0 saturated heterocycles. The molecule has 1 nitrogen and oxygen atoms in total. The van der Waals surface area contributed by atoms with Crippen molar-refractivity contribution in [3.63, 3.8) is 0 Å². The van der Waals surface area contributed by atoms with Gasteiger partial charge in [0.05, 0.1) is 5.56 Å². The average molecular weight is 600 g/mol. The van der Waals surface area contributed by atoms with Crippen molar-refractivity contribution in [2.24, 2.45) is 0 Å². The van der Waals surface area contributed by atoms with Crippen LogP contribution in [-0.4, -0.2) is 0 Å². The van der Waals surface area contributed by atoms with Gasteiger partial charge >= 0.3 is 6.11 Å². The number of benzene rings is 4. The van der Waals surface area contributed by atoms with Gasteiger partial charge in [-0.1, -0.05) is 41.9 Å². The van der Waals surface area contributed by atoms with E-state index >= 15 is 0 Å². The summed E-state index contributed by atoms with van der Waals surface area (Å²) in [6.45, 7) is 3.64. The molecule has 0 aliphatic rings. The third kappa shape index (κ3) is 7.41. The Labute approximate surface area is 240 Å². The Morgan fingerprint density at radius 2 is 1.12 bits per heavy atom. The first-order chi connectivity index (χ1) is 20.4. The summed E-state index contributed by atoms with van der Waals surface area (Å²) >= 11 is 0. The van der Waals surface area contributed by atoms with E-state index in [-0.39, 0.29) is 17.7 Å². The number of hydrogen-bond donors (Lipinski definition) is 0. The van der Waals surface area contributed by atoms with Crippen molar-refractivity contribution in [2.45, 2.75) is 19.0 Å². The molecule has 0 fully saturated rings. The quantitative estimate of drug-likeness (QED) is 0.0932. The molecule has 0 aliphatic heterocycles. The fraction of sp³-hybridized carbons (Fsp3) is 0.0909. The highest BCUT2D eigenvalue weighted by Gasteiger charge is 2.41. The average Bonchev–Trinajstić information content (AvgIpc) is 2.93. The summed E-state index contributed by atoms with van der Waals surface area (Å²) in [6.07, 6.45) is -1.41. The molecule has 0 radical (unpaired) electrons. The molecule has 0 aromatic heterocycles. The van der Waals surface area contributed by atoms with Gasteiger partial charge in [-0.3, -0.25) is 0 Å². The summed E-state index contributed by atoms with van der Waals surface area (Å²) in [5.41, 5.74) is -2.03. The van der Waals surface area contributed by atoms with E-state index in [9.17, 15) is 39.5 Å². The third-order valence-corrected chi connectivity index (χ3v) is 5.85. The summed E-state index contributed by atoms with van der Waals surface area (Å²) in [4.78, 5) is 0. The van der Waals surface area contributed by atoms with E-state index in [1.54, 1.807) is 18.2 Å². The van der Waals surface area contributed by atoms with Crippen LogP contribution in [0.5, 0.6) is 5.75 Å². The first kappa shape index (κ1) is 30.9. The van der Waals surface area contributed by atoms with Crippen molar-refractivity contribution in [1.82, 2.24) is 0 Å². The fourth-order valence-corrected chi connectivity index (χ4v) is 3.78. The van der Waals surface area contributed by atoms with Crippen molar-refractivity contribution in [3.8, 4) is 29.4 Å². The summed E-state index contributed by atoms with van der Waals surface area (Å²) in [6, 6.07) is 9.60. The smallest absolute Gasteiger partial charge is 0.429 e. The van der Waals surface area contributed by atoms with Crippen molar-refractivity contribution in [2.75, 3.05) is 0 Å². The number of halogens is 9. The maximum atomic E-state index is 14.8. The highest BCUT2D eigenvalue weighted by molar-refractivity contribution is 5.47. The topological polar surface area (TPSA) is 9.23 Å². The zero-order valence-electron chi connectivity index (χ0n) is 21.8. The van der Waals surface area contributed by atoms with Crippen molar-refractivity contribution >= 4 is 0 Å². The summed E-state index contributed by atoms with van der Waals surface area (Å²) in [7, 11) is 0. The predicted octanol–water partition coefficient (Wildman–Crippen LogP) is 8.71. The second-order valence-electron chi connectivity index (χ2n) is 8.97. The van der Waals surface area contributed by atoms with Gasteiger partial charge in [0.1, 0.15) is 34.6 Å². The van der Waals surface area contributed by atoms with E-state index in [1.165, 1.54) is 0 Å². The highest BCUT2D eigenvalue weighted by Crippen LogP contribution is 2.36. The Balaban J connectivity index is 1.55. The van der Waals surface area contributed by atoms with E-state index in [2.05, 4.69) is 23.2 Å². The molecule has 0 saturated carbocycles. The highest BCUT2D eigenvalue weighted by atomic mass is 19.3. The maximum Gasteiger partial charge on any atom is 0.432 e. The monoisotopic (exact) mass is 600 g/mol. The zero-order valence-corrected chi connectivity index (χ0v) is 21.8. The van der Waals surface area contributed by atoms with Crippen LogP contribution in [0.4, 0.5) is 39.5 Å². The predicted molar refractivity (Wildman–Crippen MR) is 140 cm³/mol. The molecule has 4 aromatic rings. The number of ether oxygens (including phenoxy) is 1. The third-order valence-electron chi connectivity index (χ3n) is 5.85. The van der Waals surface area contributed by atoms with Gasteiger partial charge in [0.15, 0.2) is 17.5 Å². The molecule has 10 heteroatoms. The lowest BCUT2D eigenvalue weighted by Crippen LogP contribution is -2.25. The first-order valence-corrected chi connectivity index (χ1v) is 12.3. The summed E-state index contributed by atoms with van der Waals surface area (Å²) in [5.74, 6) is -3.56. The number of allylic oxidation sites excluding steroid dienone is 1. The molecule has 0 atom stereocenters. The van der Waals surface area contributed by atoms with Gasteiger partial charge in [-0.05, 0) is 54.8 Å². The molecule has 0 amide bonds. The lowest BCUT2D eigenvalue weighted by atomic mass is 10.1. The van der Waals surface area contributed by atoms with Crippen LogP contribution in [0, 0.1) is 64.4 Å². The van der Waals surface area contributed by atoms with Crippen molar-refractivity contribution in [3.05, 3.63) is 147 Å². The van der Waals surface area contributed by atoms with E-state index in [0.29, 0.717) is 29.8 Å². The van der Waals surface area contributed by atoms with Crippen LogP contribution < -0.4 is 4.74 Å². The normalized spacial score (nSPS) is 10.8. The molecule has 0 N–H and O–H groups in total. The molecular formula is C33H17F9O. The Morgan fingerprint density at radius 1 is 0.628 bits per heavy atom. The Hall–Kier alpha value is -5.09. The van der Waals surface area contributed by atoms with Crippen LogP contribution >= 0.6 is 0 Å². The molecule has 43 heavy (non-hydrogen) atoms. The van der Waals surface area contributed by atoms with Crippen molar-refractivity contribution < 1.29 is 44.3 Å². The van der Waals surface area contributed by atoms with Gasteiger partial charge in [0.2, 0.25) is 0 Å². The van der Waals surface area contributed by atoms with Gasteiger partial charge in [-0.25, -0.2) is 30.7 Å². The fourth-order valence-electron chi connectivity index (χ4n) is 3.78. The molecular weight excluding hydrogens is 583 g/mol. The van der Waals surface area contributed by atoms with Gasteiger partial charge < -0.3 is 4.74 Å². The molecule has 218 valence electrons. The largest absolute Gasteiger partial charge is 0.432 e. The molecule has 0 aliphatic carbocycles. The lowest BCUT2D eigenvalue weighted by Gasteiger charge is -2.20. The summed E-state index contributed by atoms with van der Waals surface area (Å²) < 4.78 is 132. The van der Waals surface area contributed by atoms with Crippen LogP contribution in [-0.2, 0) is 12.5 Å². The molecule has 4 rings (SSSR count). The van der Waals surface area contributed by atoms with Crippen LogP contribution in [0.15, 0.2) is 73.3 Å².